The molecule has 0 spiro atoms. The summed E-state index contributed by atoms with van der Waals surface area (Å²) in [6.45, 7) is 1.05. The molecule has 0 aliphatic carbocycles. The number of alkyl halides is 3. The van der Waals surface area contributed by atoms with Crippen LogP contribution in [0.25, 0.3) is 0 Å². The van der Waals surface area contributed by atoms with Crippen molar-refractivity contribution >= 4 is 5.97 Å². The maximum absolute atomic E-state index is 13.2. The van der Waals surface area contributed by atoms with Gasteiger partial charge in [0, 0.05) is 36.8 Å². The Hall–Kier alpha value is -4.54. The molecule has 10 heteroatoms. The molecule has 4 aromatic carbocycles. The minimum Gasteiger partial charge on any atom is -0.497 e. The number of nitrogens with two attached hydrogens (primary N) is 1. The second-order valence-electron chi connectivity index (χ2n) is 9.93. The number of carboxylic acid groups (broad SMARTS) is 1. The van der Waals surface area contributed by atoms with E-state index < -0.39 is 23.8 Å². The van der Waals surface area contributed by atoms with Crippen molar-refractivity contribution in [1.82, 2.24) is 4.90 Å². The van der Waals surface area contributed by atoms with E-state index in [1.165, 1.54) is 6.07 Å². The smallest absolute Gasteiger partial charge is 0.416 e. The third-order valence-corrected chi connectivity index (χ3v) is 6.72. The van der Waals surface area contributed by atoms with Crippen molar-refractivity contribution < 1.29 is 37.3 Å². The van der Waals surface area contributed by atoms with Crippen LogP contribution in [0.3, 0.4) is 0 Å². The van der Waals surface area contributed by atoms with Gasteiger partial charge in [-0.15, -0.1) is 0 Å². The second kappa shape index (κ2) is 14.6. The molecule has 1 unspecified atom stereocenters. The van der Waals surface area contributed by atoms with E-state index in [2.05, 4.69) is 0 Å². The number of hydrogen-bond acceptors (Lipinski definition) is 6. The summed E-state index contributed by atoms with van der Waals surface area (Å²) in [5.74, 6) is 1.29. The van der Waals surface area contributed by atoms with Crippen LogP contribution in [0.15, 0.2) is 97.1 Å². The predicted octanol–water partition coefficient (Wildman–Crippen LogP) is 6.89. The van der Waals surface area contributed by atoms with Crippen molar-refractivity contribution in [3.8, 4) is 23.0 Å². The van der Waals surface area contributed by atoms with E-state index in [0.29, 0.717) is 48.2 Å². The van der Waals surface area contributed by atoms with Gasteiger partial charge in [-0.05, 0) is 48.4 Å². The van der Waals surface area contributed by atoms with E-state index in [9.17, 15) is 23.1 Å². The van der Waals surface area contributed by atoms with Crippen LogP contribution < -0.4 is 19.9 Å². The summed E-state index contributed by atoms with van der Waals surface area (Å²) in [6, 6.07) is 26.0. The fourth-order valence-electron chi connectivity index (χ4n) is 4.44. The normalized spacial score (nSPS) is 12.1. The molecule has 0 bridgehead atoms. The first-order chi connectivity index (χ1) is 20.6. The standard InChI is InChI=1S/C33H33F3N2O5/c1-41-27-12-7-13-28(19-27)43-31-15-5-3-10-25(31)21-38(17-16-29(37)32(39)40)20-24-9-2-4-14-30(24)42-22-23-8-6-11-26(18-23)33(34,35)36/h2-15,18-19,29H,16-17,20-22,37H2,1H3,(H,39,40). The van der Waals surface area contributed by atoms with Crippen molar-refractivity contribution in [3.63, 3.8) is 0 Å². The summed E-state index contributed by atoms with van der Waals surface area (Å²) in [6.07, 6.45) is -4.25. The molecular formula is C33H33F3N2O5. The quantitative estimate of drug-likeness (QED) is 0.164. The molecule has 0 aliphatic rings. The maximum Gasteiger partial charge on any atom is 0.416 e. The number of carbonyl (C=O) groups is 1. The zero-order chi connectivity index (χ0) is 30.8. The van der Waals surface area contributed by atoms with Gasteiger partial charge in [0.25, 0.3) is 0 Å². The van der Waals surface area contributed by atoms with Crippen LogP contribution >= 0.6 is 0 Å². The average molecular weight is 595 g/mol. The summed E-state index contributed by atoms with van der Waals surface area (Å²) < 4.78 is 57.0. The molecule has 0 saturated heterocycles. The average Bonchev–Trinajstić information content (AvgIpc) is 3.00. The Morgan fingerprint density at radius 2 is 1.49 bits per heavy atom. The Morgan fingerprint density at radius 1 is 0.860 bits per heavy atom. The van der Waals surface area contributed by atoms with E-state index in [-0.39, 0.29) is 13.0 Å². The van der Waals surface area contributed by atoms with Crippen LogP contribution in [0, 0.1) is 0 Å². The predicted molar refractivity (Wildman–Crippen MR) is 156 cm³/mol. The van der Waals surface area contributed by atoms with Crippen molar-refractivity contribution in [3.05, 3.63) is 119 Å². The van der Waals surface area contributed by atoms with Crippen LogP contribution in [0.4, 0.5) is 13.2 Å². The molecule has 0 aromatic heterocycles. The summed E-state index contributed by atoms with van der Waals surface area (Å²) in [5.41, 5.74) is 7.12. The largest absolute Gasteiger partial charge is 0.497 e. The Kier molecular flexibility index (Phi) is 10.6. The summed E-state index contributed by atoms with van der Waals surface area (Å²) >= 11 is 0. The zero-order valence-electron chi connectivity index (χ0n) is 23.6. The Balaban J connectivity index is 1.54. The number of carboxylic acids is 1. The highest BCUT2D eigenvalue weighted by Crippen LogP contribution is 2.31. The Bertz CT molecular complexity index is 1510. The molecule has 1 atom stereocenters. The number of benzene rings is 4. The summed E-state index contributed by atoms with van der Waals surface area (Å²) in [7, 11) is 1.58. The number of para-hydroxylation sites is 2. The van der Waals surface area contributed by atoms with Crippen LogP contribution in [-0.2, 0) is 30.7 Å². The number of methoxy groups -OCH3 is 1. The highest BCUT2D eigenvalue weighted by molar-refractivity contribution is 5.73. The first-order valence-electron chi connectivity index (χ1n) is 13.6. The number of halogens is 3. The Morgan fingerprint density at radius 3 is 2.16 bits per heavy atom. The monoisotopic (exact) mass is 594 g/mol. The van der Waals surface area contributed by atoms with Crippen molar-refractivity contribution in [2.45, 2.75) is 38.3 Å². The van der Waals surface area contributed by atoms with Crippen molar-refractivity contribution in [2.75, 3.05) is 13.7 Å². The Labute approximate surface area is 248 Å². The third kappa shape index (κ3) is 9.22. The fourth-order valence-corrected chi connectivity index (χ4v) is 4.44. The van der Waals surface area contributed by atoms with E-state index in [1.807, 2.05) is 59.5 Å². The molecule has 0 saturated carbocycles. The van der Waals surface area contributed by atoms with Crippen molar-refractivity contribution in [2.24, 2.45) is 5.73 Å². The fraction of sp³-hybridized carbons (Fsp3) is 0.242. The van der Waals surface area contributed by atoms with Crippen LogP contribution in [0.5, 0.6) is 23.0 Å². The van der Waals surface area contributed by atoms with Gasteiger partial charge < -0.3 is 25.1 Å². The number of nitrogens with zero attached hydrogens (tertiary/aromatic N) is 1. The third-order valence-electron chi connectivity index (χ3n) is 6.72. The number of rotatable bonds is 14. The van der Waals surface area contributed by atoms with Gasteiger partial charge in [-0.3, -0.25) is 9.69 Å². The van der Waals surface area contributed by atoms with Gasteiger partial charge in [-0.1, -0.05) is 54.6 Å². The molecule has 0 fully saturated rings. The maximum atomic E-state index is 13.2. The molecule has 4 rings (SSSR count). The lowest BCUT2D eigenvalue weighted by Crippen LogP contribution is -2.35. The van der Waals surface area contributed by atoms with Gasteiger partial charge in [0.2, 0.25) is 0 Å². The molecular weight excluding hydrogens is 561 g/mol. The molecule has 4 aromatic rings. The molecule has 0 heterocycles. The minimum absolute atomic E-state index is 0.0535. The van der Waals surface area contributed by atoms with E-state index in [1.54, 1.807) is 31.4 Å². The van der Waals surface area contributed by atoms with E-state index >= 15 is 0 Å². The highest BCUT2D eigenvalue weighted by atomic mass is 19.4. The van der Waals surface area contributed by atoms with E-state index in [4.69, 9.17) is 19.9 Å². The molecule has 226 valence electrons. The highest BCUT2D eigenvalue weighted by Gasteiger charge is 2.30. The van der Waals surface area contributed by atoms with Crippen LogP contribution in [-0.4, -0.2) is 35.7 Å². The summed E-state index contributed by atoms with van der Waals surface area (Å²) in [5, 5.41) is 9.35. The molecule has 0 amide bonds. The van der Waals surface area contributed by atoms with Gasteiger partial charge in [0.05, 0.1) is 12.7 Å². The first kappa shape index (κ1) is 31.4. The molecule has 0 aliphatic heterocycles. The van der Waals surface area contributed by atoms with Gasteiger partial charge in [0.1, 0.15) is 35.6 Å². The lowest BCUT2D eigenvalue weighted by molar-refractivity contribution is -0.139. The molecule has 43 heavy (non-hydrogen) atoms. The zero-order valence-corrected chi connectivity index (χ0v) is 23.6. The van der Waals surface area contributed by atoms with Gasteiger partial charge in [-0.25, -0.2) is 0 Å². The first-order valence-corrected chi connectivity index (χ1v) is 13.6. The molecule has 0 radical (unpaired) electrons. The number of hydrogen-bond donors (Lipinski definition) is 2. The van der Waals surface area contributed by atoms with Gasteiger partial charge >= 0.3 is 12.1 Å². The SMILES string of the molecule is COc1cccc(Oc2ccccc2CN(CCC(N)C(=O)O)Cc2ccccc2OCc2cccc(C(F)(F)F)c2)c1. The minimum atomic E-state index is -4.45. The number of aliphatic carboxylic acids is 1. The molecule has 7 nitrogen and oxygen atoms in total. The second-order valence-corrected chi connectivity index (χ2v) is 9.93. The van der Waals surface area contributed by atoms with Crippen molar-refractivity contribution in [1.29, 1.82) is 0 Å². The van der Waals surface area contributed by atoms with Gasteiger partial charge in [0.15, 0.2) is 0 Å². The molecule has 3 N–H and O–H groups in total. The summed E-state index contributed by atoms with van der Waals surface area (Å²) in [4.78, 5) is 13.5. The van der Waals surface area contributed by atoms with Gasteiger partial charge in [-0.2, -0.15) is 13.2 Å². The lowest BCUT2D eigenvalue weighted by Gasteiger charge is -2.25. The lowest BCUT2D eigenvalue weighted by atomic mass is 10.1. The number of ether oxygens (including phenoxy) is 3. The van der Waals surface area contributed by atoms with Crippen LogP contribution in [0.2, 0.25) is 0 Å². The topological polar surface area (TPSA) is 94.2 Å². The van der Waals surface area contributed by atoms with Crippen LogP contribution in [0.1, 0.15) is 28.7 Å². The van der Waals surface area contributed by atoms with E-state index in [0.717, 1.165) is 23.3 Å².